The van der Waals surface area contributed by atoms with Gasteiger partial charge in [0.15, 0.2) is 18.8 Å². The summed E-state index contributed by atoms with van der Waals surface area (Å²) in [5, 5.41) is 2.19. The summed E-state index contributed by atoms with van der Waals surface area (Å²) in [7, 11) is 1.51. The van der Waals surface area contributed by atoms with Crippen LogP contribution in [0.5, 0.6) is 5.75 Å². The molecule has 88 valence electrons. The van der Waals surface area contributed by atoms with Crippen molar-refractivity contribution < 1.29 is 14.3 Å². The molecule has 2 rings (SSSR count). The monoisotopic (exact) mass is 250 g/mol. The first-order valence-electron chi connectivity index (χ1n) is 5.06. The molecular formula is C13H11ClO3. The van der Waals surface area contributed by atoms with Crippen molar-refractivity contribution in [3.05, 3.63) is 40.9 Å². The summed E-state index contributed by atoms with van der Waals surface area (Å²) in [5.41, 5.74) is 0.422. The van der Waals surface area contributed by atoms with Gasteiger partial charge >= 0.3 is 0 Å². The molecule has 0 fully saturated rings. The number of halogens is 1. The molecule has 0 saturated heterocycles. The minimum atomic E-state index is 0.0545. The molecule has 0 unspecified atom stereocenters. The van der Waals surface area contributed by atoms with Crippen molar-refractivity contribution in [1.29, 1.82) is 0 Å². The first-order valence-corrected chi connectivity index (χ1v) is 5.44. The van der Waals surface area contributed by atoms with Crippen LogP contribution in [0, 0.1) is 0 Å². The molecule has 0 N–H and O–H groups in total. The Morgan fingerprint density at radius 2 is 2.12 bits per heavy atom. The second-order valence-electron chi connectivity index (χ2n) is 3.50. The Labute approximate surface area is 104 Å². The summed E-state index contributed by atoms with van der Waals surface area (Å²) in [6.07, 6.45) is 0.726. The van der Waals surface area contributed by atoms with E-state index in [-0.39, 0.29) is 6.79 Å². The third-order valence-corrected chi connectivity index (χ3v) is 2.79. The molecule has 3 nitrogen and oxygen atoms in total. The second-order valence-corrected chi connectivity index (χ2v) is 3.88. The summed E-state index contributed by atoms with van der Waals surface area (Å²) in [4.78, 5) is 11.0. The van der Waals surface area contributed by atoms with Crippen molar-refractivity contribution in [2.45, 2.75) is 0 Å². The molecule has 0 aliphatic carbocycles. The zero-order valence-corrected chi connectivity index (χ0v) is 10.0. The molecule has 0 aliphatic heterocycles. The topological polar surface area (TPSA) is 35.5 Å². The molecule has 0 heterocycles. The van der Waals surface area contributed by atoms with E-state index >= 15 is 0 Å². The molecule has 0 aromatic heterocycles. The van der Waals surface area contributed by atoms with Gasteiger partial charge in [0.05, 0.1) is 10.6 Å². The number of benzene rings is 2. The summed E-state index contributed by atoms with van der Waals surface area (Å²) in [6, 6.07) is 9.30. The highest BCUT2D eigenvalue weighted by Crippen LogP contribution is 2.35. The van der Waals surface area contributed by atoms with Crippen LogP contribution in [0.1, 0.15) is 10.4 Å². The Morgan fingerprint density at radius 3 is 2.82 bits per heavy atom. The smallest absolute Gasteiger partial charge is 0.188 e. The van der Waals surface area contributed by atoms with Gasteiger partial charge in [0, 0.05) is 12.5 Å². The van der Waals surface area contributed by atoms with E-state index in [1.165, 1.54) is 7.11 Å². The first-order chi connectivity index (χ1) is 8.27. The van der Waals surface area contributed by atoms with Crippen molar-refractivity contribution in [3.63, 3.8) is 0 Å². The lowest BCUT2D eigenvalue weighted by molar-refractivity contribution is 0.0507. The molecule has 0 atom stereocenters. The number of carbonyl (C=O) groups excluding carboxylic acids is 1. The Kier molecular flexibility index (Phi) is 3.61. The van der Waals surface area contributed by atoms with Gasteiger partial charge in [0.25, 0.3) is 0 Å². The van der Waals surface area contributed by atoms with Gasteiger partial charge in [-0.3, -0.25) is 4.79 Å². The van der Waals surface area contributed by atoms with Crippen molar-refractivity contribution >= 4 is 28.7 Å². The highest BCUT2D eigenvalue weighted by Gasteiger charge is 2.12. The highest BCUT2D eigenvalue weighted by atomic mass is 35.5. The van der Waals surface area contributed by atoms with Crippen molar-refractivity contribution in [1.82, 2.24) is 0 Å². The number of methoxy groups -OCH3 is 1. The maximum absolute atomic E-state index is 11.0. The normalized spacial score (nSPS) is 10.5. The van der Waals surface area contributed by atoms with Gasteiger partial charge in [-0.05, 0) is 11.5 Å². The van der Waals surface area contributed by atoms with Gasteiger partial charge in [-0.1, -0.05) is 35.9 Å². The van der Waals surface area contributed by atoms with Crippen LogP contribution in [0.4, 0.5) is 0 Å². The van der Waals surface area contributed by atoms with Gasteiger partial charge in [-0.25, -0.2) is 0 Å². The largest absolute Gasteiger partial charge is 0.465 e. The molecule has 0 amide bonds. The molecule has 4 heteroatoms. The average molecular weight is 251 g/mol. The van der Waals surface area contributed by atoms with E-state index in [1.807, 2.05) is 24.3 Å². The van der Waals surface area contributed by atoms with Crippen molar-refractivity contribution in [3.8, 4) is 5.75 Å². The Bertz CT molecular complexity index is 552. The zero-order chi connectivity index (χ0) is 12.3. The first kappa shape index (κ1) is 11.9. The van der Waals surface area contributed by atoms with Crippen LogP contribution in [0.3, 0.4) is 0 Å². The van der Waals surface area contributed by atoms with Crippen LogP contribution in [0.25, 0.3) is 10.8 Å². The summed E-state index contributed by atoms with van der Waals surface area (Å²) in [6.45, 7) is 0.0545. The van der Waals surface area contributed by atoms with E-state index in [0.717, 1.165) is 17.1 Å². The lowest BCUT2D eigenvalue weighted by atomic mass is 10.1. The number of aldehydes is 1. The maximum Gasteiger partial charge on any atom is 0.188 e. The van der Waals surface area contributed by atoms with E-state index in [9.17, 15) is 4.79 Å². The lowest BCUT2D eigenvalue weighted by Gasteiger charge is -2.11. The van der Waals surface area contributed by atoms with E-state index in [1.54, 1.807) is 6.07 Å². The van der Waals surface area contributed by atoms with Crippen LogP contribution >= 0.6 is 11.6 Å². The van der Waals surface area contributed by atoms with Crippen LogP contribution < -0.4 is 4.74 Å². The third kappa shape index (κ3) is 2.25. The Balaban J connectivity index is 2.63. The SMILES string of the molecule is COCOc1c(C=O)cc2ccccc2c1Cl. The number of ether oxygens (including phenoxy) is 2. The zero-order valence-electron chi connectivity index (χ0n) is 9.27. The minimum Gasteiger partial charge on any atom is -0.465 e. The van der Waals surface area contributed by atoms with Crippen molar-refractivity contribution in [2.75, 3.05) is 13.9 Å². The number of hydrogen-bond acceptors (Lipinski definition) is 3. The molecule has 0 radical (unpaired) electrons. The maximum atomic E-state index is 11.0. The van der Waals surface area contributed by atoms with Crippen LogP contribution in [-0.2, 0) is 4.74 Å². The van der Waals surface area contributed by atoms with Crippen molar-refractivity contribution in [2.24, 2.45) is 0 Å². The quantitative estimate of drug-likeness (QED) is 0.617. The Morgan fingerprint density at radius 1 is 1.35 bits per heavy atom. The molecule has 0 saturated carbocycles. The van der Waals surface area contributed by atoms with Crippen LogP contribution in [0.15, 0.2) is 30.3 Å². The fraction of sp³-hybridized carbons (Fsp3) is 0.154. The van der Waals surface area contributed by atoms with E-state index < -0.39 is 0 Å². The van der Waals surface area contributed by atoms with Gasteiger partial charge in [-0.15, -0.1) is 0 Å². The predicted octanol–water partition coefficient (Wildman–Crippen LogP) is 3.29. The minimum absolute atomic E-state index is 0.0545. The number of rotatable bonds is 4. The number of hydrogen-bond donors (Lipinski definition) is 0. The summed E-state index contributed by atoms with van der Waals surface area (Å²) >= 11 is 6.22. The van der Waals surface area contributed by atoms with Crippen LogP contribution in [-0.4, -0.2) is 20.2 Å². The lowest BCUT2D eigenvalue weighted by Crippen LogP contribution is -2.02. The molecule has 0 spiro atoms. The Hall–Kier alpha value is -1.58. The van der Waals surface area contributed by atoms with E-state index in [4.69, 9.17) is 21.1 Å². The molecule has 0 bridgehead atoms. The molecule has 0 aliphatic rings. The van der Waals surface area contributed by atoms with Gasteiger partial charge < -0.3 is 9.47 Å². The summed E-state index contributed by atoms with van der Waals surface area (Å²) in [5.74, 6) is 0.363. The van der Waals surface area contributed by atoms with Crippen LogP contribution in [0.2, 0.25) is 5.02 Å². The molecular weight excluding hydrogens is 240 g/mol. The van der Waals surface area contributed by atoms with E-state index in [0.29, 0.717) is 16.3 Å². The molecule has 17 heavy (non-hydrogen) atoms. The second kappa shape index (κ2) is 5.17. The average Bonchev–Trinajstić information content (AvgIpc) is 2.37. The third-order valence-electron chi connectivity index (χ3n) is 2.42. The fourth-order valence-electron chi connectivity index (χ4n) is 1.66. The standard InChI is InChI=1S/C13H11ClO3/c1-16-8-17-13-10(7-15)6-9-4-2-3-5-11(9)12(13)14/h2-7H,8H2,1H3. The fourth-order valence-corrected chi connectivity index (χ4v) is 1.99. The molecule has 2 aromatic carbocycles. The predicted molar refractivity (Wildman–Crippen MR) is 66.8 cm³/mol. The van der Waals surface area contributed by atoms with Gasteiger partial charge in [-0.2, -0.15) is 0 Å². The van der Waals surface area contributed by atoms with E-state index in [2.05, 4.69) is 0 Å². The van der Waals surface area contributed by atoms with Gasteiger partial charge in [0.1, 0.15) is 0 Å². The number of carbonyl (C=O) groups is 1. The molecule has 2 aromatic rings. The number of fused-ring (bicyclic) bond motifs is 1. The highest BCUT2D eigenvalue weighted by molar-refractivity contribution is 6.37. The summed E-state index contributed by atoms with van der Waals surface area (Å²) < 4.78 is 10.1. The van der Waals surface area contributed by atoms with Gasteiger partial charge in [0.2, 0.25) is 0 Å².